The molecular formula is C11H15N5O3S. The number of rotatable bonds is 4. The lowest BCUT2D eigenvalue weighted by Gasteiger charge is -2.05. The number of nitrogens with zero attached hydrogens (tertiary/aromatic N) is 3. The van der Waals surface area contributed by atoms with Crippen LogP contribution in [0, 0.1) is 20.8 Å². The largest absolute Gasteiger partial charge is 0.464 e. The zero-order valence-corrected chi connectivity index (χ0v) is 12.2. The van der Waals surface area contributed by atoms with Crippen molar-refractivity contribution in [2.75, 3.05) is 4.72 Å². The van der Waals surface area contributed by atoms with Crippen molar-refractivity contribution in [2.45, 2.75) is 32.2 Å². The summed E-state index contributed by atoms with van der Waals surface area (Å²) in [5, 5.41) is 7.52. The van der Waals surface area contributed by atoms with Gasteiger partial charge >= 0.3 is 0 Å². The minimum absolute atomic E-state index is 0.0137. The van der Waals surface area contributed by atoms with Crippen LogP contribution in [0.15, 0.2) is 15.4 Å². The molecule has 0 aliphatic heterocycles. The Balaban J connectivity index is 2.35. The molecule has 0 fully saturated rings. The maximum atomic E-state index is 12.2. The van der Waals surface area contributed by atoms with Crippen LogP contribution in [-0.2, 0) is 16.6 Å². The van der Waals surface area contributed by atoms with E-state index in [4.69, 9.17) is 10.2 Å². The molecule has 0 bridgehead atoms. The van der Waals surface area contributed by atoms with Crippen molar-refractivity contribution in [1.29, 1.82) is 0 Å². The Kier molecular flexibility index (Phi) is 3.73. The van der Waals surface area contributed by atoms with E-state index in [9.17, 15) is 8.42 Å². The summed E-state index contributed by atoms with van der Waals surface area (Å²) < 4.78 is 32.0. The van der Waals surface area contributed by atoms with E-state index < -0.39 is 10.0 Å². The molecule has 0 saturated carbocycles. The van der Waals surface area contributed by atoms with E-state index in [1.165, 1.54) is 6.07 Å². The molecule has 2 aromatic heterocycles. The van der Waals surface area contributed by atoms with Crippen LogP contribution < -0.4 is 10.5 Å². The first kappa shape index (κ1) is 14.4. The second kappa shape index (κ2) is 5.17. The second-order valence-corrected chi connectivity index (χ2v) is 5.90. The fourth-order valence-electron chi connectivity index (χ4n) is 1.57. The molecule has 3 N–H and O–H groups in total. The van der Waals surface area contributed by atoms with Crippen molar-refractivity contribution in [2.24, 2.45) is 5.73 Å². The Morgan fingerprint density at radius 3 is 2.50 bits per heavy atom. The van der Waals surface area contributed by atoms with E-state index in [0.29, 0.717) is 17.1 Å². The van der Waals surface area contributed by atoms with E-state index in [1.54, 1.807) is 20.8 Å². The van der Waals surface area contributed by atoms with E-state index in [2.05, 4.69) is 19.9 Å². The zero-order chi connectivity index (χ0) is 14.9. The number of nitrogens with one attached hydrogen (secondary N) is 1. The number of sulfonamides is 1. The first-order chi connectivity index (χ1) is 9.33. The highest BCUT2D eigenvalue weighted by Gasteiger charge is 2.22. The Morgan fingerprint density at radius 2 is 1.95 bits per heavy atom. The average Bonchev–Trinajstić information content (AvgIpc) is 2.76. The van der Waals surface area contributed by atoms with Gasteiger partial charge in [-0.2, -0.15) is 5.10 Å². The minimum atomic E-state index is -3.83. The molecule has 0 aromatic carbocycles. The smallest absolute Gasteiger partial charge is 0.267 e. The third kappa shape index (κ3) is 2.78. The summed E-state index contributed by atoms with van der Waals surface area (Å²) in [6.45, 7) is 5.13. The highest BCUT2D eigenvalue weighted by Crippen LogP contribution is 2.21. The maximum absolute atomic E-state index is 12.2. The van der Waals surface area contributed by atoms with Gasteiger partial charge in [-0.15, -0.1) is 5.10 Å². The molecule has 0 spiro atoms. The van der Waals surface area contributed by atoms with Crippen LogP contribution in [0.3, 0.4) is 0 Å². The van der Waals surface area contributed by atoms with E-state index in [0.717, 1.165) is 0 Å². The van der Waals surface area contributed by atoms with Gasteiger partial charge in [0.25, 0.3) is 16.0 Å². The number of furan rings is 1. The van der Waals surface area contributed by atoms with Crippen LogP contribution in [0.2, 0.25) is 0 Å². The summed E-state index contributed by atoms with van der Waals surface area (Å²) in [4.78, 5) is 4.03. The van der Waals surface area contributed by atoms with Crippen molar-refractivity contribution in [1.82, 2.24) is 15.2 Å². The Morgan fingerprint density at radius 1 is 1.25 bits per heavy atom. The summed E-state index contributed by atoms with van der Waals surface area (Å²) >= 11 is 0. The van der Waals surface area contributed by atoms with Crippen molar-refractivity contribution in [3.05, 3.63) is 29.0 Å². The molecule has 2 aromatic rings. The van der Waals surface area contributed by atoms with Gasteiger partial charge in [-0.3, -0.25) is 0 Å². The fourth-order valence-corrected chi connectivity index (χ4v) is 2.71. The highest BCUT2D eigenvalue weighted by atomic mass is 32.2. The lowest BCUT2D eigenvalue weighted by molar-refractivity contribution is 0.479. The Hall–Kier alpha value is -2.00. The van der Waals surface area contributed by atoms with E-state index >= 15 is 0 Å². The van der Waals surface area contributed by atoms with Gasteiger partial charge < -0.3 is 10.2 Å². The van der Waals surface area contributed by atoms with E-state index in [1.807, 2.05) is 0 Å². The maximum Gasteiger partial charge on any atom is 0.267 e. The number of anilines is 1. The topological polar surface area (TPSA) is 124 Å². The number of hydrogen-bond acceptors (Lipinski definition) is 7. The molecular weight excluding hydrogens is 282 g/mol. The van der Waals surface area contributed by atoms with Crippen LogP contribution in [0.5, 0.6) is 0 Å². The molecule has 0 amide bonds. The van der Waals surface area contributed by atoms with Gasteiger partial charge in [0.1, 0.15) is 16.4 Å². The fraction of sp³-hybridized carbons (Fsp3) is 0.364. The van der Waals surface area contributed by atoms with Gasteiger partial charge in [0, 0.05) is 6.07 Å². The molecule has 108 valence electrons. The summed E-state index contributed by atoms with van der Waals surface area (Å²) in [6.07, 6.45) is 0. The van der Waals surface area contributed by atoms with Crippen LogP contribution in [0.4, 0.5) is 5.95 Å². The van der Waals surface area contributed by atoms with Crippen LogP contribution in [-0.4, -0.2) is 23.6 Å². The molecule has 0 radical (unpaired) electrons. The van der Waals surface area contributed by atoms with Gasteiger partial charge in [-0.1, -0.05) is 0 Å². The second-order valence-electron chi connectivity index (χ2n) is 4.25. The Labute approximate surface area is 116 Å². The summed E-state index contributed by atoms with van der Waals surface area (Å²) in [7, 11) is -3.83. The highest BCUT2D eigenvalue weighted by molar-refractivity contribution is 7.92. The van der Waals surface area contributed by atoms with Gasteiger partial charge in [-0.05, 0) is 20.8 Å². The van der Waals surface area contributed by atoms with Crippen molar-refractivity contribution in [3.63, 3.8) is 0 Å². The van der Waals surface area contributed by atoms with Gasteiger partial charge in [0.15, 0.2) is 0 Å². The zero-order valence-electron chi connectivity index (χ0n) is 11.3. The summed E-state index contributed by atoms with van der Waals surface area (Å²) in [5.74, 6) is 0.569. The molecule has 0 atom stereocenters. The van der Waals surface area contributed by atoms with Gasteiger partial charge in [-0.25, -0.2) is 18.1 Å². The molecule has 0 saturated heterocycles. The molecule has 0 aliphatic carbocycles. The summed E-state index contributed by atoms with van der Waals surface area (Å²) in [5.41, 5.74) is 6.66. The number of aryl methyl sites for hydroxylation is 3. The quantitative estimate of drug-likeness (QED) is 0.848. The number of nitrogens with two attached hydrogens (primary N) is 1. The third-order valence-corrected chi connectivity index (χ3v) is 4.17. The standard InChI is InChI=1S/C11H15N5O3S/c1-6-7(2)14-15-11(13-6)16-20(17,18)10-4-9(5-12)19-8(10)3/h4H,5,12H2,1-3H3,(H,13,15,16). The van der Waals surface area contributed by atoms with E-state index in [-0.39, 0.29) is 23.1 Å². The minimum Gasteiger partial charge on any atom is -0.464 e. The van der Waals surface area contributed by atoms with Gasteiger partial charge in [0.2, 0.25) is 0 Å². The lowest BCUT2D eigenvalue weighted by atomic mass is 10.4. The van der Waals surface area contributed by atoms with Crippen LogP contribution >= 0.6 is 0 Å². The predicted octanol–water partition coefficient (Wildman–Crippen LogP) is 0.649. The van der Waals surface area contributed by atoms with Crippen LogP contribution in [0.25, 0.3) is 0 Å². The predicted molar refractivity (Wildman–Crippen MR) is 71.4 cm³/mol. The third-order valence-electron chi connectivity index (χ3n) is 2.73. The van der Waals surface area contributed by atoms with Crippen molar-refractivity contribution >= 4 is 16.0 Å². The van der Waals surface area contributed by atoms with Crippen molar-refractivity contribution in [3.8, 4) is 0 Å². The number of hydrogen-bond donors (Lipinski definition) is 2. The Bertz CT molecular complexity index is 739. The van der Waals surface area contributed by atoms with Gasteiger partial charge in [0.05, 0.1) is 17.9 Å². The molecule has 0 aliphatic rings. The van der Waals surface area contributed by atoms with Crippen molar-refractivity contribution < 1.29 is 12.8 Å². The SMILES string of the molecule is Cc1nnc(NS(=O)(=O)c2cc(CN)oc2C)nc1C. The number of aromatic nitrogens is 3. The lowest BCUT2D eigenvalue weighted by Crippen LogP contribution is -2.16. The molecule has 2 rings (SSSR count). The van der Waals surface area contributed by atoms with Crippen LogP contribution in [0.1, 0.15) is 22.9 Å². The molecule has 9 heteroatoms. The molecule has 8 nitrogen and oxygen atoms in total. The normalized spacial score (nSPS) is 11.6. The molecule has 2 heterocycles. The first-order valence-corrected chi connectivity index (χ1v) is 7.32. The molecule has 0 unspecified atom stereocenters. The summed E-state index contributed by atoms with van der Waals surface area (Å²) in [6, 6.07) is 1.38. The monoisotopic (exact) mass is 297 g/mol. The average molecular weight is 297 g/mol. The molecule has 20 heavy (non-hydrogen) atoms. The first-order valence-electron chi connectivity index (χ1n) is 5.83.